The third kappa shape index (κ3) is 1.36. The molecule has 1 saturated carbocycles. The zero-order valence-corrected chi connectivity index (χ0v) is 11.0. The highest BCUT2D eigenvalue weighted by atomic mass is 79.9. The predicted octanol–water partition coefficient (Wildman–Crippen LogP) is 2.39. The summed E-state index contributed by atoms with van der Waals surface area (Å²) in [6.45, 7) is 2.12. The Balaban J connectivity index is 2.21. The maximum atomic E-state index is 11.2. The lowest BCUT2D eigenvalue weighted by Gasteiger charge is -2.33. The lowest BCUT2D eigenvalue weighted by atomic mass is 9.93. The van der Waals surface area contributed by atoms with E-state index < -0.39 is 5.97 Å². The summed E-state index contributed by atoms with van der Waals surface area (Å²) in [5, 5.41) is 13.5. The summed E-state index contributed by atoms with van der Waals surface area (Å²) in [5.41, 5.74) is 0.100. The van der Waals surface area contributed by atoms with Gasteiger partial charge >= 0.3 is 5.97 Å². The van der Waals surface area contributed by atoms with Crippen molar-refractivity contribution in [1.82, 2.24) is 9.78 Å². The third-order valence-corrected chi connectivity index (χ3v) is 4.49. The summed E-state index contributed by atoms with van der Waals surface area (Å²) in [5.74, 6) is -0.578. The first-order valence-electron chi connectivity index (χ1n) is 5.76. The van der Waals surface area contributed by atoms with Crippen LogP contribution in [0.3, 0.4) is 0 Å². The molecule has 1 aliphatic carbocycles. The van der Waals surface area contributed by atoms with E-state index in [4.69, 9.17) is 4.74 Å². The molecule has 3 rings (SSSR count). The Bertz CT molecular complexity index is 499. The minimum atomic E-state index is -0.995. The number of carbonyl (C=O) groups is 1. The molecule has 0 saturated heterocycles. The molecule has 0 spiro atoms. The second kappa shape index (κ2) is 3.48. The molecule has 2 atom stereocenters. The van der Waals surface area contributed by atoms with Crippen molar-refractivity contribution in [3.63, 3.8) is 0 Å². The van der Waals surface area contributed by atoms with Gasteiger partial charge < -0.3 is 9.84 Å². The molecular formula is C11H13BrN2O3. The topological polar surface area (TPSA) is 64.3 Å². The molecule has 17 heavy (non-hydrogen) atoms. The number of fused-ring (bicyclic) bond motifs is 4. The van der Waals surface area contributed by atoms with Crippen LogP contribution >= 0.6 is 15.9 Å². The average Bonchev–Trinajstić information content (AvgIpc) is 2.80. The number of ether oxygens (including phenoxy) is 1. The molecule has 92 valence electrons. The number of carboxylic acids is 1. The summed E-state index contributed by atoms with van der Waals surface area (Å²) < 4.78 is 7.90. The Morgan fingerprint density at radius 2 is 2.53 bits per heavy atom. The van der Waals surface area contributed by atoms with Crippen LogP contribution in [0.25, 0.3) is 0 Å². The summed E-state index contributed by atoms with van der Waals surface area (Å²) in [6, 6.07) is 0. The molecule has 2 bridgehead atoms. The molecule has 1 fully saturated rings. The van der Waals surface area contributed by atoms with Crippen LogP contribution in [0.15, 0.2) is 4.60 Å². The van der Waals surface area contributed by atoms with Gasteiger partial charge in [-0.2, -0.15) is 5.10 Å². The molecule has 0 amide bonds. The largest absolute Gasteiger partial charge is 0.477 e. The molecule has 1 aliphatic heterocycles. The van der Waals surface area contributed by atoms with Gasteiger partial charge in [0, 0.05) is 6.42 Å². The molecule has 1 N–H and O–H groups in total. The zero-order valence-electron chi connectivity index (χ0n) is 9.44. The van der Waals surface area contributed by atoms with Gasteiger partial charge in [0.15, 0.2) is 5.56 Å². The van der Waals surface area contributed by atoms with E-state index in [9.17, 15) is 9.90 Å². The second-order valence-corrected chi connectivity index (χ2v) is 5.50. The van der Waals surface area contributed by atoms with Gasteiger partial charge in [-0.25, -0.2) is 9.48 Å². The number of aromatic nitrogens is 2. The average molecular weight is 301 g/mol. The van der Waals surface area contributed by atoms with Crippen LogP contribution in [0.2, 0.25) is 0 Å². The molecule has 0 aromatic carbocycles. The maximum Gasteiger partial charge on any atom is 0.344 e. The highest BCUT2D eigenvalue weighted by Gasteiger charge is 2.48. The summed E-state index contributed by atoms with van der Waals surface area (Å²) in [4.78, 5) is 11.2. The smallest absolute Gasteiger partial charge is 0.344 e. The minimum Gasteiger partial charge on any atom is -0.477 e. The van der Waals surface area contributed by atoms with E-state index in [1.54, 1.807) is 4.68 Å². The highest BCUT2D eigenvalue weighted by Crippen LogP contribution is 2.49. The molecule has 5 nitrogen and oxygen atoms in total. The van der Waals surface area contributed by atoms with Crippen molar-refractivity contribution in [1.29, 1.82) is 0 Å². The molecule has 2 heterocycles. The van der Waals surface area contributed by atoms with Crippen molar-refractivity contribution >= 4 is 21.9 Å². The van der Waals surface area contributed by atoms with Crippen molar-refractivity contribution in [3.8, 4) is 5.88 Å². The number of rotatable bonds is 2. The van der Waals surface area contributed by atoms with E-state index in [1.165, 1.54) is 0 Å². The lowest BCUT2D eigenvalue weighted by molar-refractivity contribution is 0.0670. The summed E-state index contributed by atoms with van der Waals surface area (Å²) in [6.07, 6.45) is 4.02. The van der Waals surface area contributed by atoms with Crippen molar-refractivity contribution < 1.29 is 14.6 Å². The first-order chi connectivity index (χ1) is 8.07. The lowest BCUT2D eigenvalue weighted by Crippen LogP contribution is -2.37. The van der Waals surface area contributed by atoms with Gasteiger partial charge in [0.1, 0.15) is 10.7 Å². The first-order valence-corrected chi connectivity index (χ1v) is 6.55. The Kier molecular flexibility index (Phi) is 2.26. The van der Waals surface area contributed by atoms with Crippen LogP contribution in [0.1, 0.15) is 43.0 Å². The monoisotopic (exact) mass is 300 g/mol. The SMILES string of the molecule is CCC12CCC(C1)Oc1c(C(=O)O)c(Br)nn12. The van der Waals surface area contributed by atoms with Gasteiger partial charge in [-0.05, 0) is 35.2 Å². The molecule has 6 heteroatoms. The second-order valence-electron chi connectivity index (χ2n) is 4.75. The van der Waals surface area contributed by atoms with Crippen LogP contribution in [0, 0.1) is 0 Å². The van der Waals surface area contributed by atoms with Crippen molar-refractivity contribution in [2.45, 2.75) is 44.2 Å². The molecule has 2 aliphatic rings. The first kappa shape index (κ1) is 11.1. The molecule has 0 radical (unpaired) electrons. The van der Waals surface area contributed by atoms with E-state index >= 15 is 0 Å². The maximum absolute atomic E-state index is 11.2. The van der Waals surface area contributed by atoms with Gasteiger partial charge in [-0.1, -0.05) is 6.92 Å². The fourth-order valence-corrected chi connectivity index (χ4v) is 3.46. The fourth-order valence-electron chi connectivity index (χ4n) is 2.97. The van der Waals surface area contributed by atoms with Crippen LogP contribution < -0.4 is 4.74 Å². The number of hydrogen-bond donors (Lipinski definition) is 1. The molecular weight excluding hydrogens is 288 g/mol. The number of carboxylic acid groups (broad SMARTS) is 1. The predicted molar refractivity (Wildman–Crippen MR) is 63.4 cm³/mol. The number of aromatic carboxylic acids is 1. The Hall–Kier alpha value is -1.04. The van der Waals surface area contributed by atoms with Gasteiger partial charge in [0.05, 0.1) is 5.54 Å². The van der Waals surface area contributed by atoms with Crippen LogP contribution in [-0.4, -0.2) is 27.0 Å². The number of nitrogens with zero attached hydrogens (tertiary/aromatic N) is 2. The zero-order chi connectivity index (χ0) is 12.2. The Morgan fingerprint density at radius 3 is 3.18 bits per heavy atom. The van der Waals surface area contributed by atoms with Gasteiger partial charge in [-0.15, -0.1) is 0 Å². The van der Waals surface area contributed by atoms with Crippen molar-refractivity contribution in [2.24, 2.45) is 0 Å². The van der Waals surface area contributed by atoms with Gasteiger partial charge in [0.2, 0.25) is 5.88 Å². The van der Waals surface area contributed by atoms with Crippen LogP contribution in [0.5, 0.6) is 5.88 Å². The van der Waals surface area contributed by atoms with E-state index in [0.717, 1.165) is 25.7 Å². The Labute approximate surface area is 107 Å². The quantitative estimate of drug-likeness (QED) is 0.911. The van der Waals surface area contributed by atoms with Crippen molar-refractivity contribution in [2.75, 3.05) is 0 Å². The standard InChI is InChI=1S/C11H13BrN2O3/c1-2-11-4-3-6(5-11)17-9-7(10(15)16)8(12)13-14(9)11/h6H,2-5H2,1H3,(H,15,16). The van der Waals surface area contributed by atoms with Crippen molar-refractivity contribution in [3.05, 3.63) is 10.2 Å². The summed E-state index contributed by atoms with van der Waals surface area (Å²) in [7, 11) is 0. The van der Waals surface area contributed by atoms with E-state index in [2.05, 4.69) is 28.0 Å². The summed E-state index contributed by atoms with van der Waals surface area (Å²) >= 11 is 3.21. The third-order valence-electron chi connectivity index (χ3n) is 3.94. The van der Waals surface area contributed by atoms with E-state index in [-0.39, 0.29) is 17.2 Å². The van der Waals surface area contributed by atoms with Gasteiger partial charge in [0.25, 0.3) is 0 Å². The van der Waals surface area contributed by atoms with Crippen LogP contribution in [-0.2, 0) is 5.54 Å². The van der Waals surface area contributed by atoms with Crippen LogP contribution in [0.4, 0.5) is 0 Å². The molecule has 1 aromatic heterocycles. The van der Waals surface area contributed by atoms with E-state index in [0.29, 0.717) is 10.5 Å². The number of halogens is 1. The van der Waals surface area contributed by atoms with E-state index in [1.807, 2.05) is 0 Å². The van der Waals surface area contributed by atoms with Gasteiger partial charge in [-0.3, -0.25) is 0 Å². The molecule has 1 aromatic rings. The minimum absolute atomic E-state index is 0.0472. The Morgan fingerprint density at radius 1 is 1.76 bits per heavy atom. The fraction of sp³-hybridized carbons (Fsp3) is 0.636. The molecule has 2 unspecified atom stereocenters. The number of hydrogen-bond acceptors (Lipinski definition) is 3. The normalized spacial score (nSPS) is 29.9. The highest BCUT2D eigenvalue weighted by molar-refractivity contribution is 9.10.